The van der Waals surface area contributed by atoms with E-state index in [0.29, 0.717) is 24.7 Å². The third-order valence-corrected chi connectivity index (χ3v) is 2.38. The van der Waals surface area contributed by atoms with E-state index in [4.69, 9.17) is 4.74 Å². The van der Waals surface area contributed by atoms with E-state index >= 15 is 0 Å². The number of ether oxygens (including phenoxy) is 1. The Kier molecular flexibility index (Phi) is 3.88. The Morgan fingerprint density at radius 1 is 1.50 bits per heavy atom. The molecule has 0 bridgehead atoms. The summed E-state index contributed by atoms with van der Waals surface area (Å²) in [5, 5.41) is 4.06. The van der Waals surface area contributed by atoms with Gasteiger partial charge in [0.2, 0.25) is 0 Å². The van der Waals surface area contributed by atoms with E-state index in [2.05, 4.69) is 15.1 Å². The second kappa shape index (κ2) is 5.59. The minimum absolute atomic E-state index is 0.182. The second-order valence-corrected chi connectivity index (χ2v) is 4.03. The van der Waals surface area contributed by atoms with Crippen LogP contribution in [-0.4, -0.2) is 26.4 Å². The zero-order valence-corrected chi connectivity index (χ0v) is 10.5. The van der Waals surface area contributed by atoms with Gasteiger partial charge in [0.15, 0.2) is 0 Å². The Morgan fingerprint density at radius 3 is 3.00 bits per heavy atom. The SMILES string of the molecule is CCCOCc1nc(-c2cnn(C)c2)cc(=O)[nH]1. The van der Waals surface area contributed by atoms with Gasteiger partial charge in [-0.3, -0.25) is 9.48 Å². The molecule has 0 aromatic carbocycles. The molecule has 6 heteroatoms. The summed E-state index contributed by atoms with van der Waals surface area (Å²) in [7, 11) is 1.82. The number of hydrogen-bond acceptors (Lipinski definition) is 4. The van der Waals surface area contributed by atoms with Gasteiger partial charge in [-0.15, -0.1) is 0 Å². The van der Waals surface area contributed by atoms with Crippen LogP contribution in [0.5, 0.6) is 0 Å². The van der Waals surface area contributed by atoms with Crippen molar-refractivity contribution < 1.29 is 4.74 Å². The van der Waals surface area contributed by atoms with Crippen molar-refractivity contribution in [2.24, 2.45) is 7.05 Å². The minimum Gasteiger partial charge on any atom is -0.374 e. The molecule has 0 aliphatic heterocycles. The van der Waals surface area contributed by atoms with Gasteiger partial charge in [-0.1, -0.05) is 6.92 Å². The standard InChI is InChI=1S/C12H16N4O2/c1-3-4-18-8-11-14-10(5-12(17)15-11)9-6-13-16(2)7-9/h5-7H,3-4,8H2,1-2H3,(H,14,15,17). The van der Waals surface area contributed by atoms with E-state index < -0.39 is 0 Å². The lowest BCUT2D eigenvalue weighted by Gasteiger charge is -2.03. The predicted molar refractivity (Wildman–Crippen MR) is 67.0 cm³/mol. The number of nitrogens with one attached hydrogen (secondary N) is 1. The molecule has 0 fully saturated rings. The van der Waals surface area contributed by atoms with Crippen LogP contribution < -0.4 is 5.56 Å². The lowest BCUT2D eigenvalue weighted by molar-refractivity contribution is 0.116. The van der Waals surface area contributed by atoms with Crippen molar-refractivity contribution in [2.45, 2.75) is 20.0 Å². The summed E-state index contributed by atoms with van der Waals surface area (Å²) in [6.45, 7) is 3.00. The first-order chi connectivity index (χ1) is 8.69. The molecule has 0 unspecified atom stereocenters. The summed E-state index contributed by atoms with van der Waals surface area (Å²) in [4.78, 5) is 18.6. The first-order valence-electron chi connectivity index (χ1n) is 5.86. The highest BCUT2D eigenvalue weighted by atomic mass is 16.5. The molecule has 2 aromatic heterocycles. The van der Waals surface area contributed by atoms with E-state index in [1.54, 1.807) is 10.9 Å². The molecule has 2 rings (SSSR count). The van der Waals surface area contributed by atoms with Gasteiger partial charge in [0.25, 0.3) is 5.56 Å². The zero-order chi connectivity index (χ0) is 13.0. The Hall–Kier alpha value is -1.95. The number of aryl methyl sites for hydroxylation is 1. The zero-order valence-electron chi connectivity index (χ0n) is 10.5. The number of aromatic nitrogens is 4. The van der Waals surface area contributed by atoms with Gasteiger partial charge in [0.05, 0.1) is 11.9 Å². The van der Waals surface area contributed by atoms with Crippen molar-refractivity contribution in [3.05, 3.63) is 34.6 Å². The van der Waals surface area contributed by atoms with Gasteiger partial charge in [0.1, 0.15) is 12.4 Å². The summed E-state index contributed by atoms with van der Waals surface area (Å²) in [5.41, 5.74) is 1.25. The number of aromatic amines is 1. The maximum Gasteiger partial charge on any atom is 0.251 e. The molecule has 1 N–H and O–H groups in total. The molecule has 2 aromatic rings. The van der Waals surface area contributed by atoms with Crippen LogP contribution in [0.15, 0.2) is 23.3 Å². The van der Waals surface area contributed by atoms with Crippen LogP contribution in [0.3, 0.4) is 0 Å². The number of hydrogen-bond donors (Lipinski definition) is 1. The van der Waals surface area contributed by atoms with E-state index in [1.807, 2.05) is 20.2 Å². The van der Waals surface area contributed by atoms with E-state index in [9.17, 15) is 4.79 Å². The van der Waals surface area contributed by atoms with Gasteiger partial charge >= 0.3 is 0 Å². The third kappa shape index (κ3) is 3.04. The van der Waals surface area contributed by atoms with Crippen LogP contribution in [0.25, 0.3) is 11.3 Å². The van der Waals surface area contributed by atoms with E-state index in [0.717, 1.165) is 12.0 Å². The van der Waals surface area contributed by atoms with Crippen molar-refractivity contribution in [3.8, 4) is 11.3 Å². The Labute approximate surface area is 105 Å². The summed E-state index contributed by atoms with van der Waals surface area (Å²) in [6, 6.07) is 1.46. The van der Waals surface area contributed by atoms with Crippen molar-refractivity contribution >= 4 is 0 Å². The summed E-state index contributed by atoms with van der Waals surface area (Å²) >= 11 is 0. The molecule has 0 aliphatic rings. The molecular weight excluding hydrogens is 232 g/mol. The first-order valence-corrected chi connectivity index (χ1v) is 5.86. The fraction of sp³-hybridized carbons (Fsp3) is 0.417. The number of rotatable bonds is 5. The van der Waals surface area contributed by atoms with Gasteiger partial charge in [-0.05, 0) is 6.42 Å². The molecule has 6 nitrogen and oxygen atoms in total. The smallest absolute Gasteiger partial charge is 0.251 e. The molecule has 96 valence electrons. The van der Waals surface area contributed by atoms with Crippen molar-refractivity contribution in [3.63, 3.8) is 0 Å². The first kappa shape index (κ1) is 12.5. The lowest BCUT2D eigenvalue weighted by Crippen LogP contribution is -2.12. The average Bonchev–Trinajstić information content (AvgIpc) is 2.76. The van der Waals surface area contributed by atoms with Crippen LogP contribution in [0.2, 0.25) is 0 Å². The van der Waals surface area contributed by atoms with Gasteiger partial charge in [-0.2, -0.15) is 5.10 Å². The van der Waals surface area contributed by atoms with E-state index in [1.165, 1.54) is 6.07 Å². The lowest BCUT2D eigenvalue weighted by atomic mass is 10.2. The van der Waals surface area contributed by atoms with Crippen LogP contribution in [0, 0.1) is 0 Å². The molecule has 0 aliphatic carbocycles. The van der Waals surface area contributed by atoms with Gasteiger partial charge in [0, 0.05) is 31.5 Å². The molecule has 0 amide bonds. The minimum atomic E-state index is -0.182. The highest BCUT2D eigenvalue weighted by Gasteiger charge is 2.06. The van der Waals surface area contributed by atoms with Crippen molar-refractivity contribution in [1.82, 2.24) is 19.7 Å². The quantitative estimate of drug-likeness (QED) is 0.804. The van der Waals surface area contributed by atoms with Crippen molar-refractivity contribution in [2.75, 3.05) is 6.61 Å². The number of H-pyrrole nitrogens is 1. The highest BCUT2D eigenvalue weighted by Crippen LogP contribution is 2.13. The summed E-state index contributed by atoms with van der Waals surface area (Å²) < 4.78 is 7.04. The predicted octanol–water partition coefficient (Wildman–Crippen LogP) is 1.10. The molecule has 2 heterocycles. The number of nitrogens with zero attached hydrogens (tertiary/aromatic N) is 3. The molecule has 18 heavy (non-hydrogen) atoms. The molecule has 0 saturated heterocycles. The van der Waals surface area contributed by atoms with Crippen LogP contribution >= 0.6 is 0 Å². The molecule has 0 radical (unpaired) electrons. The maximum atomic E-state index is 11.5. The fourth-order valence-corrected chi connectivity index (χ4v) is 1.59. The Balaban J connectivity index is 2.24. The average molecular weight is 248 g/mol. The molecule has 0 saturated carbocycles. The van der Waals surface area contributed by atoms with E-state index in [-0.39, 0.29) is 5.56 Å². The maximum absolute atomic E-state index is 11.5. The topological polar surface area (TPSA) is 72.8 Å². The second-order valence-electron chi connectivity index (χ2n) is 4.03. The van der Waals surface area contributed by atoms with Crippen molar-refractivity contribution in [1.29, 1.82) is 0 Å². The highest BCUT2D eigenvalue weighted by molar-refractivity contribution is 5.56. The largest absolute Gasteiger partial charge is 0.374 e. The Morgan fingerprint density at radius 2 is 2.33 bits per heavy atom. The molecule has 0 spiro atoms. The van der Waals surface area contributed by atoms with Crippen LogP contribution in [0.1, 0.15) is 19.2 Å². The molecular formula is C12H16N4O2. The van der Waals surface area contributed by atoms with Gasteiger partial charge in [-0.25, -0.2) is 4.98 Å². The monoisotopic (exact) mass is 248 g/mol. The summed E-state index contributed by atoms with van der Waals surface area (Å²) in [6.07, 6.45) is 4.43. The van der Waals surface area contributed by atoms with Crippen LogP contribution in [-0.2, 0) is 18.4 Å². The summed E-state index contributed by atoms with van der Waals surface area (Å²) in [5.74, 6) is 0.537. The third-order valence-electron chi connectivity index (χ3n) is 2.38. The Bertz CT molecular complexity index is 573. The fourth-order valence-electron chi connectivity index (χ4n) is 1.59. The van der Waals surface area contributed by atoms with Gasteiger partial charge < -0.3 is 9.72 Å². The van der Waals surface area contributed by atoms with Crippen LogP contribution in [0.4, 0.5) is 0 Å². The molecule has 0 atom stereocenters. The normalized spacial score (nSPS) is 10.8.